The number of para-hydroxylation sites is 2. The van der Waals surface area contributed by atoms with Crippen molar-refractivity contribution in [3.63, 3.8) is 0 Å². The van der Waals surface area contributed by atoms with Gasteiger partial charge in [-0.2, -0.15) is 0 Å². The van der Waals surface area contributed by atoms with Crippen molar-refractivity contribution in [2.45, 2.75) is 24.8 Å². The van der Waals surface area contributed by atoms with Crippen molar-refractivity contribution in [3.8, 4) is 0 Å². The first-order valence-corrected chi connectivity index (χ1v) is 6.93. The number of halogens is 1. The molecule has 1 unspecified atom stereocenters. The largest absolute Gasteiger partial charge is 0.467 e. The van der Waals surface area contributed by atoms with Crippen LogP contribution in [0.1, 0.15) is 6.92 Å². The summed E-state index contributed by atoms with van der Waals surface area (Å²) in [6, 6.07) is 7.83. The normalized spacial score (nSPS) is 12.6. The Hall–Kier alpha value is -1.56. The number of nitrogen functional groups attached to an aromatic ring is 1. The SMILES string of the molecule is COC(=O)C[n+]1c(N)n(CC(C)Br)c2ccccc21. The van der Waals surface area contributed by atoms with Crippen molar-refractivity contribution < 1.29 is 14.1 Å². The van der Waals surface area contributed by atoms with Gasteiger partial charge in [-0.05, 0) is 19.1 Å². The monoisotopic (exact) mass is 326 g/mol. The van der Waals surface area contributed by atoms with E-state index >= 15 is 0 Å². The number of rotatable bonds is 4. The lowest BCUT2D eigenvalue weighted by Gasteiger charge is -2.03. The number of hydrogen-bond acceptors (Lipinski definition) is 3. The molecule has 19 heavy (non-hydrogen) atoms. The predicted molar refractivity (Wildman–Crippen MR) is 77.0 cm³/mol. The van der Waals surface area contributed by atoms with Gasteiger partial charge >= 0.3 is 11.9 Å². The van der Waals surface area contributed by atoms with Crippen LogP contribution in [0.25, 0.3) is 11.0 Å². The first-order chi connectivity index (χ1) is 9.04. The molecular formula is C13H17BrN3O2+. The maximum atomic E-state index is 11.5. The summed E-state index contributed by atoms with van der Waals surface area (Å²) >= 11 is 3.53. The molecule has 1 heterocycles. The van der Waals surface area contributed by atoms with Crippen molar-refractivity contribution in [2.75, 3.05) is 12.8 Å². The highest BCUT2D eigenvalue weighted by atomic mass is 79.9. The summed E-state index contributed by atoms with van der Waals surface area (Å²) < 4.78 is 8.49. The van der Waals surface area contributed by atoms with Gasteiger partial charge in [0.05, 0.1) is 13.7 Å². The molecule has 5 nitrogen and oxygen atoms in total. The Kier molecular flexibility index (Phi) is 4.09. The molecule has 2 rings (SSSR count). The van der Waals surface area contributed by atoms with Crippen molar-refractivity contribution >= 4 is 38.9 Å². The van der Waals surface area contributed by atoms with Crippen LogP contribution in [0.3, 0.4) is 0 Å². The fourth-order valence-electron chi connectivity index (χ4n) is 2.12. The van der Waals surface area contributed by atoms with Gasteiger partial charge in [0.2, 0.25) is 0 Å². The number of carbonyl (C=O) groups excluding carboxylic acids is 1. The molecule has 1 atom stereocenters. The molecule has 0 aliphatic heterocycles. The summed E-state index contributed by atoms with van der Waals surface area (Å²) in [6.45, 7) is 2.91. The number of benzene rings is 1. The van der Waals surface area contributed by atoms with E-state index in [0.717, 1.165) is 17.6 Å². The molecule has 0 spiro atoms. The fraction of sp³-hybridized carbons (Fsp3) is 0.385. The van der Waals surface area contributed by atoms with Gasteiger partial charge in [-0.1, -0.05) is 28.1 Å². The molecule has 102 valence electrons. The van der Waals surface area contributed by atoms with Gasteiger partial charge in [0, 0.05) is 4.83 Å². The minimum Gasteiger partial charge on any atom is -0.467 e. The molecule has 0 fully saturated rings. The van der Waals surface area contributed by atoms with E-state index in [1.807, 2.05) is 28.8 Å². The quantitative estimate of drug-likeness (QED) is 0.525. The van der Waals surface area contributed by atoms with Crippen LogP contribution in [0.2, 0.25) is 0 Å². The Labute approximate surface area is 120 Å². The zero-order valence-electron chi connectivity index (χ0n) is 11.0. The lowest BCUT2D eigenvalue weighted by molar-refractivity contribution is -0.645. The number of fused-ring (bicyclic) bond motifs is 1. The number of nitrogens with two attached hydrogens (primary N) is 1. The number of carbonyl (C=O) groups is 1. The maximum absolute atomic E-state index is 11.5. The Morgan fingerprint density at radius 3 is 2.84 bits per heavy atom. The van der Waals surface area contributed by atoms with E-state index in [2.05, 4.69) is 22.9 Å². The third-order valence-corrected chi connectivity index (χ3v) is 3.26. The zero-order valence-corrected chi connectivity index (χ0v) is 12.6. The first-order valence-electron chi connectivity index (χ1n) is 6.02. The molecule has 0 saturated heterocycles. The number of hydrogen-bond donors (Lipinski definition) is 1. The molecule has 2 N–H and O–H groups in total. The predicted octanol–water partition coefficient (Wildman–Crippen LogP) is 1.47. The van der Waals surface area contributed by atoms with Crippen LogP contribution < -0.4 is 10.3 Å². The summed E-state index contributed by atoms with van der Waals surface area (Å²) in [5.74, 6) is 0.240. The summed E-state index contributed by atoms with van der Waals surface area (Å²) in [4.78, 5) is 11.8. The van der Waals surface area contributed by atoms with Gasteiger partial charge in [-0.3, -0.25) is 5.73 Å². The van der Waals surface area contributed by atoms with Crippen LogP contribution in [-0.2, 0) is 22.6 Å². The third kappa shape index (κ3) is 2.73. The Bertz CT molecular complexity index is 607. The van der Waals surface area contributed by atoms with E-state index in [0.29, 0.717) is 5.95 Å². The van der Waals surface area contributed by atoms with E-state index in [9.17, 15) is 4.79 Å². The number of aromatic nitrogens is 2. The number of alkyl halides is 1. The van der Waals surface area contributed by atoms with Gasteiger partial charge < -0.3 is 4.74 Å². The number of esters is 1. The topological polar surface area (TPSA) is 61.1 Å². The second-order valence-electron chi connectivity index (χ2n) is 4.40. The number of methoxy groups -OCH3 is 1. The van der Waals surface area contributed by atoms with Crippen molar-refractivity contribution in [1.29, 1.82) is 0 Å². The van der Waals surface area contributed by atoms with Gasteiger partial charge in [0.25, 0.3) is 0 Å². The fourth-order valence-corrected chi connectivity index (χ4v) is 2.41. The van der Waals surface area contributed by atoms with E-state index in [-0.39, 0.29) is 17.3 Å². The van der Waals surface area contributed by atoms with E-state index in [1.165, 1.54) is 7.11 Å². The highest BCUT2D eigenvalue weighted by Crippen LogP contribution is 2.18. The average molecular weight is 327 g/mol. The first kappa shape index (κ1) is 13.9. The second kappa shape index (κ2) is 5.61. The Balaban J connectivity index is 2.56. The van der Waals surface area contributed by atoms with Crippen molar-refractivity contribution in [2.24, 2.45) is 0 Å². The Morgan fingerprint density at radius 2 is 2.21 bits per heavy atom. The summed E-state index contributed by atoms with van der Waals surface area (Å²) in [6.07, 6.45) is 0. The molecule has 0 amide bonds. The Morgan fingerprint density at radius 1 is 1.53 bits per heavy atom. The number of imidazole rings is 1. The molecule has 1 aromatic carbocycles. The third-order valence-electron chi connectivity index (χ3n) is 2.97. The smallest absolute Gasteiger partial charge is 0.356 e. The maximum Gasteiger partial charge on any atom is 0.356 e. The molecule has 0 aliphatic carbocycles. The van der Waals surface area contributed by atoms with Gasteiger partial charge in [0.15, 0.2) is 6.54 Å². The van der Waals surface area contributed by atoms with Crippen molar-refractivity contribution in [3.05, 3.63) is 24.3 Å². The highest BCUT2D eigenvalue weighted by Gasteiger charge is 2.23. The number of nitrogens with zero attached hydrogens (tertiary/aromatic N) is 2. The molecule has 0 saturated carbocycles. The zero-order chi connectivity index (χ0) is 14.0. The molecule has 1 aromatic heterocycles. The summed E-state index contributed by atoms with van der Waals surface area (Å²) in [5, 5.41) is 0. The molecule has 6 heteroatoms. The van der Waals surface area contributed by atoms with Gasteiger partial charge in [-0.25, -0.2) is 13.9 Å². The van der Waals surface area contributed by atoms with Crippen LogP contribution in [0.15, 0.2) is 24.3 Å². The van der Waals surface area contributed by atoms with Crippen LogP contribution in [0, 0.1) is 0 Å². The number of ether oxygens (including phenoxy) is 1. The molecule has 2 aromatic rings. The second-order valence-corrected chi connectivity index (χ2v) is 5.96. The molecule has 0 radical (unpaired) electrons. The van der Waals surface area contributed by atoms with Crippen LogP contribution >= 0.6 is 15.9 Å². The van der Waals surface area contributed by atoms with Crippen LogP contribution in [0.5, 0.6) is 0 Å². The standard InChI is InChI=1S/C13H16BrN3O2/c1-9(14)7-16-10-5-3-4-6-11(10)17(13(16)15)8-12(18)19-2/h3-6,9,15H,7-8H2,1-2H3/p+1. The summed E-state index contributed by atoms with van der Waals surface area (Å²) in [7, 11) is 1.37. The molecule has 0 aliphatic rings. The van der Waals surface area contributed by atoms with E-state index in [1.54, 1.807) is 4.57 Å². The van der Waals surface area contributed by atoms with E-state index in [4.69, 9.17) is 10.5 Å². The molecule has 0 bridgehead atoms. The number of anilines is 1. The minimum absolute atomic E-state index is 0.118. The minimum atomic E-state index is -0.313. The van der Waals surface area contributed by atoms with Crippen LogP contribution in [0.4, 0.5) is 5.95 Å². The van der Waals surface area contributed by atoms with Gasteiger partial charge in [0.1, 0.15) is 11.0 Å². The van der Waals surface area contributed by atoms with Gasteiger partial charge in [-0.15, -0.1) is 0 Å². The lowest BCUT2D eigenvalue weighted by Crippen LogP contribution is -2.41. The van der Waals surface area contributed by atoms with Crippen LogP contribution in [-0.4, -0.2) is 22.5 Å². The van der Waals surface area contributed by atoms with E-state index < -0.39 is 0 Å². The highest BCUT2D eigenvalue weighted by molar-refractivity contribution is 9.09. The molecular weight excluding hydrogens is 310 g/mol. The average Bonchev–Trinajstić information content (AvgIpc) is 2.64. The lowest BCUT2D eigenvalue weighted by atomic mass is 10.3. The van der Waals surface area contributed by atoms with Crippen molar-refractivity contribution in [1.82, 2.24) is 4.57 Å². The summed E-state index contributed by atoms with van der Waals surface area (Å²) in [5.41, 5.74) is 8.10.